The SMILES string of the molecule is CC(C)(C)C(=O)NCC1CN(C2CC2)C(=O)O1. The summed E-state index contributed by atoms with van der Waals surface area (Å²) in [5.74, 6) is -0.0154. The Bertz CT molecular complexity index is 331. The molecule has 2 fully saturated rings. The van der Waals surface area contributed by atoms with Crippen LogP contribution in [0.4, 0.5) is 4.79 Å². The van der Waals surface area contributed by atoms with Crippen molar-refractivity contribution in [3.63, 3.8) is 0 Å². The number of hydrogen-bond acceptors (Lipinski definition) is 3. The summed E-state index contributed by atoms with van der Waals surface area (Å²) in [6.45, 7) is 6.59. The zero-order valence-electron chi connectivity index (χ0n) is 10.7. The van der Waals surface area contributed by atoms with Crippen molar-refractivity contribution in [2.24, 2.45) is 5.41 Å². The topological polar surface area (TPSA) is 58.6 Å². The van der Waals surface area contributed by atoms with Gasteiger partial charge in [0.1, 0.15) is 6.10 Å². The highest BCUT2D eigenvalue weighted by Gasteiger charge is 2.41. The van der Waals surface area contributed by atoms with E-state index in [0.717, 1.165) is 12.8 Å². The number of carbonyl (C=O) groups is 2. The molecule has 0 aromatic rings. The van der Waals surface area contributed by atoms with E-state index in [-0.39, 0.29) is 18.1 Å². The lowest BCUT2D eigenvalue weighted by Crippen LogP contribution is -2.40. The van der Waals surface area contributed by atoms with Crippen molar-refractivity contribution in [1.29, 1.82) is 0 Å². The number of ether oxygens (including phenoxy) is 1. The number of nitrogens with zero attached hydrogens (tertiary/aromatic N) is 1. The van der Waals surface area contributed by atoms with Gasteiger partial charge in [-0.2, -0.15) is 0 Å². The van der Waals surface area contributed by atoms with Gasteiger partial charge in [0.2, 0.25) is 5.91 Å². The van der Waals surface area contributed by atoms with Crippen molar-refractivity contribution in [1.82, 2.24) is 10.2 Å². The van der Waals surface area contributed by atoms with Gasteiger partial charge in [0.15, 0.2) is 0 Å². The zero-order chi connectivity index (χ0) is 12.6. The molecule has 2 rings (SSSR count). The molecule has 0 aromatic heterocycles. The van der Waals surface area contributed by atoms with E-state index in [2.05, 4.69) is 5.32 Å². The van der Waals surface area contributed by atoms with E-state index >= 15 is 0 Å². The lowest BCUT2D eigenvalue weighted by Gasteiger charge is -2.19. The average Bonchev–Trinajstić information content (AvgIpc) is 2.98. The van der Waals surface area contributed by atoms with Gasteiger partial charge in [-0.1, -0.05) is 20.8 Å². The van der Waals surface area contributed by atoms with Gasteiger partial charge in [0.05, 0.1) is 13.1 Å². The Labute approximate surface area is 101 Å². The predicted octanol–water partition coefficient (Wildman–Crippen LogP) is 1.13. The van der Waals surface area contributed by atoms with Crippen LogP contribution in [0.3, 0.4) is 0 Å². The van der Waals surface area contributed by atoms with E-state index in [4.69, 9.17) is 4.74 Å². The summed E-state index contributed by atoms with van der Waals surface area (Å²) >= 11 is 0. The molecule has 1 aliphatic carbocycles. The fourth-order valence-electron chi connectivity index (χ4n) is 1.80. The molecule has 5 nitrogen and oxygen atoms in total. The van der Waals surface area contributed by atoms with Gasteiger partial charge in [-0.05, 0) is 12.8 Å². The fourth-order valence-corrected chi connectivity index (χ4v) is 1.80. The van der Waals surface area contributed by atoms with Gasteiger partial charge in [-0.15, -0.1) is 0 Å². The minimum absolute atomic E-state index is 0.0154. The third-order valence-electron chi connectivity index (χ3n) is 3.06. The highest BCUT2D eigenvalue weighted by molar-refractivity contribution is 5.81. The minimum Gasteiger partial charge on any atom is -0.442 e. The number of nitrogens with one attached hydrogen (secondary N) is 1. The second-order valence-electron chi connectivity index (χ2n) is 5.85. The largest absolute Gasteiger partial charge is 0.442 e. The molecular formula is C12H20N2O3. The Hall–Kier alpha value is -1.26. The van der Waals surface area contributed by atoms with Crippen molar-refractivity contribution >= 4 is 12.0 Å². The van der Waals surface area contributed by atoms with Gasteiger partial charge in [0, 0.05) is 11.5 Å². The van der Waals surface area contributed by atoms with Crippen LogP contribution in [0.15, 0.2) is 0 Å². The van der Waals surface area contributed by atoms with Gasteiger partial charge in [-0.3, -0.25) is 4.79 Å². The number of hydrogen-bond donors (Lipinski definition) is 1. The molecule has 2 aliphatic rings. The Morgan fingerprint density at radius 3 is 2.65 bits per heavy atom. The fraction of sp³-hybridized carbons (Fsp3) is 0.833. The molecule has 0 bridgehead atoms. The second kappa shape index (κ2) is 4.20. The molecule has 1 aliphatic heterocycles. The van der Waals surface area contributed by atoms with Crippen LogP contribution < -0.4 is 5.32 Å². The minimum atomic E-state index is -0.404. The first-order chi connectivity index (χ1) is 7.88. The van der Waals surface area contributed by atoms with E-state index in [9.17, 15) is 9.59 Å². The second-order valence-corrected chi connectivity index (χ2v) is 5.85. The van der Waals surface area contributed by atoms with Crippen LogP contribution in [-0.4, -0.2) is 42.1 Å². The number of amides is 2. The highest BCUT2D eigenvalue weighted by Crippen LogP contribution is 2.30. The molecule has 1 saturated carbocycles. The van der Waals surface area contributed by atoms with E-state index in [1.807, 2.05) is 20.8 Å². The maximum absolute atomic E-state index is 11.7. The molecule has 0 spiro atoms. The molecule has 5 heteroatoms. The van der Waals surface area contributed by atoms with Crippen molar-refractivity contribution in [3.8, 4) is 0 Å². The summed E-state index contributed by atoms with van der Waals surface area (Å²) in [7, 11) is 0. The molecule has 0 aromatic carbocycles. The normalized spacial score (nSPS) is 24.8. The van der Waals surface area contributed by atoms with Gasteiger partial charge >= 0.3 is 6.09 Å². The maximum Gasteiger partial charge on any atom is 0.410 e. The lowest BCUT2D eigenvalue weighted by atomic mass is 9.96. The number of carbonyl (C=O) groups excluding carboxylic acids is 2. The van der Waals surface area contributed by atoms with Crippen LogP contribution in [0.2, 0.25) is 0 Å². The molecule has 1 atom stereocenters. The van der Waals surface area contributed by atoms with E-state index in [1.54, 1.807) is 4.90 Å². The molecule has 1 N–H and O–H groups in total. The Kier molecular flexibility index (Phi) is 3.02. The van der Waals surface area contributed by atoms with E-state index < -0.39 is 5.41 Å². The molecule has 1 saturated heterocycles. The van der Waals surface area contributed by atoms with Crippen molar-refractivity contribution < 1.29 is 14.3 Å². The monoisotopic (exact) mass is 240 g/mol. The summed E-state index contributed by atoms with van der Waals surface area (Å²) in [6.07, 6.45) is 1.73. The standard InChI is InChI=1S/C12H20N2O3/c1-12(2,3)10(15)13-6-9-7-14(8-4-5-8)11(16)17-9/h8-9H,4-7H2,1-3H3,(H,13,15). The molecular weight excluding hydrogens is 220 g/mol. The molecule has 2 amide bonds. The Morgan fingerprint density at radius 1 is 1.47 bits per heavy atom. The maximum atomic E-state index is 11.7. The first kappa shape index (κ1) is 12.2. The quantitative estimate of drug-likeness (QED) is 0.804. The van der Waals surface area contributed by atoms with Crippen LogP contribution >= 0.6 is 0 Å². The summed E-state index contributed by atoms with van der Waals surface area (Å²) in [5, 5.41) is 2.82. The number of rotatable bonds is 3. The smallest absolute Gasteiger partial charge is 0.410 e. The third kappa shape index (κ3) is 2.90. The molecule has 1 unspecified atom stereocenters. The average molecular weight is 240 g/mol. The predicted molar refractivity (Wildman–Crippen MR) is 62.5 cm³/mol. The van der Waals surface area contributed by atoms with Crippen LogP contribution in [0.1, 0.15) is 33.6 Å². The third-order valence-corrected chi connectivity index (χ3v) is 3.06. The first-order valence-electron chi connectivity index (χ1n) is 6.13. The van der Waals surface area contributed by atoms with Crippen molar-refractivity contribution in [3.05, 3.63) is 0 Å². The highest BCUT2D eigenvalue weighted by atomic mass is 16.6. The Morgan fingerprint density at radius 2 is 2.12 bits per heavy atom. The van der Waals surface area contributed by atoms with Crippen molar-refractivity contribution in [2.75, 3.05) is 13.1 Å². The van der Waals surface area contributed by atoms with Gasteiger partial charge in [-0.25, -0.2) is 4.79 Å². The van der Waals surface area contributed by atoms with Gasteiger partial charge in [0.25, 0.3) is 0 Å². The zero-order valence-corrected chi connectivity index (χ0v) is 10.7. The Balaban J connectivity index is 1.78. The van der Waals surface area contributed by atoms with Crippen LogP contribution in [0.25, 0.3) is 0 Å². The molecule has 1 heterocycles. The van der Waals surface area contributed by atoms with Crippen LogP contribution in [0.5, 0.6) is 0 Å². The summed E-state index contributed by atoms with van der Waals surface area (Å²) in [5.41, 5.74) is -0.404. The molecule has 96 valence electrons. The number of cyclic esters (lactones) is 1. The molecule has 0 radical (unpaired) electrons. The van der Waals surface area contributed by atoms with E-state index in [1.165, 1.54) is 0 Å². The summed E-state index contributed by atoms with van der Waals surface area (Å²) < 4.78 is 5.21. The summed E-state index contributed by atoms with van der Waals surface area (Å²) in [6, 6.07) is 0.380. The van der Waals surface area contributed by atoms with Crippen molar-refractivity contribution in [2.45, 2.75) is 45.8 Å². The van der Waals surface area contributed by atoms with Crippen LogP contribution in [0, 0.1) is 5.41 Å². The lowest BCUT2D eigenvalue weighted by molar-refractivity contribution is -0.128. The summed E-state index contributed by atoms with van der Waals surface area (Å²) in [4.78, 5) is 24.9. The first-order valence-corrected chi connectivity index (χ1v) is 6.13. The van der Waals surface area contributed by atoms with E-state index in [0.29, 0.717) is 19.1 Å². The van der Waals surface area contributed by atoms with Crippen LogP contribution in [-0.2, 0) is 9.53 Å². The molecule has 17 heavy (non-hydrogen) atoms. The van der Waals surface area contributed by atoms with Gasteiger partial charge < -0.3 is 15.0 Å².